The van der Waals surface area contributed by atoms with E-state index in [-0.39, 0.29) is 31.1 Å². The first-order valence-corrected chi connectivity index (χ1v) is 32.0. The quantitative estimate of drug-likeness (QED) is 0.0343. The zero-order valence-corrected chi connectivity index (χ0v) is 47.8. The molecule has 0 rings (SSSR count). The Bertz CT molecular complexity index is 1040. The fourth-order valence-corrected chi connectivity index (χ4v) is 10.0. The Morgan fingerprint density at radius 1 is 0.229 bits per heavy atom. The number of carbonyl (C=O) groups is 3. The molecular weight excluding hydrogens is 865 g/mol. The number of esters is 3. The van der Waals surface area contributed by atoms with Crippen molar-refractivity contribution in [2.75, 3.05) is 13.2 Å². The molecule has 0 aromatic rings. The van der Waals surface area contributed by atoms with Gasteiger partial charge >= 0.3 is 17.9 Å². The van der Waals surface area contributed by atoms with E-state index in [1.54, 1.807) is 0 Å². The molecule has 0 saturated heterocycles. The first-order chi connectivity index (χ1) is 34.5. The van der Waals surface area contributed by atoms with Crippen molar-refractivity contribution in [2.45, 2.75) is 380 Å². The molecule has 6 heteroatoms. The summed E-state index contributed by atoms with van der Waals surface area (Å²) in [6.07, 6.45) is 68.6. The van der Waals surface area contributed by atoms with Crippen molar-refractivity contribution in [3.63, 3.8) is 0 Å². The maximum atomic E-state index is 12.8. The minimum atomic E-state index is -0.761. The average Bonchev–Trinajstić information content (AvgIpc) is 3.36. The average molecular weight is 990 g/mol. The highest BCUT2D eigenvalue weighted by atomic mass is 16.6. The molecule has 0 bridgehead atoms. The van der Waals surface area contributed by atoms with Crippen molar-refractivity contribution in [2.24, 2.45) is 0 Å². The maximum absolute atomic E-state index is 12.8. The van der Waals surface area contributed by atoms with Crippen molar-refractivity contribution >= 4 is 17.9 Å². The molecule has 0 amide bonds. The van der Waals surface area contributed by atoms with Crippen LogP contribution in [0.2, 0.25) is 0 Å². The summed E-state index contributed by atoms with van der Waals surface area (Å²) in [5.74, 6) is -0.837. The van der Waals surface area contributed by atoms with E-state index < -0.39 is 6.10 Å². The third kappa shape index (κ3) is 57.3. The highest BCUT2D eigenvalue weighted by Crippen LogP contribution is 2.19. The van der Waals surface area contributed by atoms with Gasteiger partial charge in [-0.05, 0) is 19.3 Å². The molecule has 0 aliphatic heterocycles. The van der Waals surface area contributed by atoms with Gasteiger partial charge in [0.15, 0.2) is 6.10 Å². The Kier molecular flexibility index (Phi) is 58.6. The van der Waals surface area contributed by atoms with Crippen LogP contribution in [-0.2, 0) is 28.6 Å². The zero-order chi connectivity index (χ0) is 50.7. The Morgan fingerprint density at radius 3 is 0.571 bits per heavy atom. The molecule has 0 N–H and O–H groups in total. The van der Waals surface area contributed by atoms with Crippen molar-refractivity contribution < 1.29 is 28.6 Å². The van der Waals surface area contributed by atoms with E-state index in [9.17, 15) is 14.4 Å². The first kappa shape index (κ1) is 68.4. The molecule has 0 fully saturated rings. The molecular formula is C64H124O6. The Morgan fingerprint density at radius 2 is 0.386 bits per heavy atom. The second kappa shape index (κ2) is 60.0. The molecule has 1 atom stereocenters. The van der Waals surface area contributed by atoms with Crippen LogP contribution < -0.4 is 0 Å². The molecule has 0 spiro atoms. The van der Waals surface area contributed by atoms with Gasteiger partial charge in [-0.2, -0.15) is 0 Å². The van der Waals surface area contributed by atoms with E-state index in [2.05, 4.69) is 20.8 Å². The first-order valence-electron chi connectivity index (χ1n) is 32.0. The van der Waals surface area contributed by atoms with Gasteiger partial charge in [-0.1, -0.05) is 335 Å². The van der Waals surface area contributed by atoms with Crippen LogP contribution in [-0.4, -0.2) is 37.2 Å². The molecule has 0 saturated carbocycles. The van der Waals surface area contributed by atoms with Gasteiger partial charge in [-0.25, -0.2) is 0 Å². The van der Waals surface area contributed by atoms with Crippen LogP contribution in [0.4, 0.5) is 0 Å². The fourth-order valence-electron chi connectivity index (χ4n) is 10.0. The molecule has 6 nitrogen and oxygen atoms in total. The maximum Gasteiger partial charge on any atom is 0.306 e. The molecule has 0 aliphatic rings. The van der Waals surface area contributed by atoms with Gasteiger partial charge < -0.3 is 14.2 Å². The molecule has 70 heavy (non-hydrogen) atoms. The topological polar surface area (TPSA) is 78.9 Å². The second-order valence-corrected chi connectivity index (χ2v) is 22.1. The lowest BCUT2D eigenvalue weighted by Crippen LogP contribution is -2.30. The summed E-state index contributed by atoms with van der Waals surface area (Å²) >= 11 is 0. The Balaban J connectivity index is 4.05. The summed E-state index contributed by atoms with van der Waals surface area (Å²) in [5.41, 5.74) is 0. The van der Waals surface area contributed by atoms with E-state index >= 15 is 0 Å². The van der Waals surface area contributed by atoms with E-state index in [1.165, 1.54) is 276 Å². The Labute approximate surface area is 438 Å². The minimum absolute atomic E-state index is 0.0615. The largest absolute Gasteiger partial charge is 0.462 e. The third-order valence-corrected chi connectivity index (χ3v) is 14.9. The van der Waals surface area contributed by atoms with Gasteiger partial charge in [-0.15, -0.1) is 0 Å². The summed E-state index contributed by atoms with van der Waals surface area (Å²) in [4.78, 5) is 38.0. The van der Waals surface area contributed by atoms with Crippen LogP contribution in [0, 0.1) is 0 Å². The predicted octanol–water partition coefficient (Wildman–Crippen LogP) is 21.5. The molecule has 416 valence electrons. The predicted molar refractivity (Wildman–Crippen MR) is 303 cm³/mol. The van der Waals surface area contributed by atoms with Gasteiger partial charge in [0.2, 0.25) is 0 Å². The highest BCUT2D eigenvalue weighted by Gasteiger charge is 2.19. The lowest BCUT2D eigenvalue weighted by molar-refractivity contribution is -0.167. The summed E-state index contributed by atoms with van der Waals surface area (Å²) in [5, 5.41) is 0. The molecule has 1 unspecified atom stereocenters. The summed E-state index contributed by atoms with van der Waals surface area (Å²) in [6, 6.07) is 0. The number of hydrogen-bond acceptors (Lipinski definition) is 6. The normalized spacial score (nSPS) is 11.9. The van der Waals surface area contributed by atoms with Crippen molar-refractivity contribution in [3.8, 4) is 0 Å². The van der Waals surface area contributed by atoms with Gasteiger partial charge in [0.05, 0.1) is 0 Å². The standard InChI is InChI=1S/C64H124O6/c1-4-7-10-13-16-18-20-22-24-26-28-30-31-32-34-35-37-39-41-43-45-48-51-54-57-63(66)69-60-61(59-68-62(65)56-53-50-47-15-12-9-6-3)70-64(67)58-55-52-49-46-44-42-40-38-36-33-29-27-25-23-21-19-17-14-11-8-5-2/h61H,4-60H2,1-3H3. The number of hydrogen-bond donors (Lipinski definition) is 0. The van der Waals surface area contributed by atoms with E-state index in [4.69, 9.17) is 14.2 Å². The highest BCUT2D eigenvalue weighted by molar-refractivity contribution is 5.71. The summed E-state index contributed by atoms with van der Waals surface area (Å²) in [6.45, 7) is 6.68. The van der Waals surface area contributed by atoms with Crippen LogP contribution in [0.5, 0.6) is 0 Å². The molecule has 0 aromatic carbocycles. The molecule has 0 aromatic heterocycles. The minimum Gasteiger partial charge on any atom is -0.462 e. The lowest BCUT2D eigenvalue weighted by atomic mass is 10.0. The number of rotatable bonds is 60. The SMILES string of the molecule is CCCCCCCCCCCCCCCCCCCCCCCCCCC(=O)OCC(COC(=O)CCCCCCCCC)OC(=O)CCCCCCCCCCCCCCCCCCCCCCC. The molecule has 0 aliphatic carbocycles. The fraction of sp³-hybridized carbons (Fsp3) is 0.953. The molecule has 0 radical (unpaired) electrons. The van der Waals surface area contributed by atoms with Gasteiger partial charge in [0.25, 0.3) is 0 Å². The molecule has 0 heterocycles. The van der Waals surface area contributed by atoms with Gasteiger partial charge in [0, 0.05) is 19.3 Å². The van der Waals surface area contributed by atoms with Crippen LogP contribution in [0.15, 0.2) is 0 Å². The van der Waals surface area contributed by atoms with Crippen molar-refractivity contribution in [1.29, 1.82) is 0 Å². The lowest BCUT2D eigenvalue weighted by Gasteiger charge is -2.18. The van der Waals surface area contributed by atoms with Crippen LogP contribution in [0.25, 0.3) is 0 Å². The third-order valence-electron chi connectivity index (χ3n) is 14.9. The monoisotopic (exact) mass is 989 g/mol. The van der Waals surface area contributed by atoms with Crippen LogP contribution in [0.3, 0.4) is 0 Å². The van der Waals surface area contributed by atoms with Crippen molar-refractivity contribution in [1.82, 2.24) is 0 Å². The van der Waals surface area contributed by atoms with E-state index in [0.29, 0.717) is 19.3 Å². The second-order valence-electron chi connectivity index (χ2n) is 22.1. The van der Waals surface area contributed by atoms with Crippen LogP contribution in [0.1, 0.15) is 374 Å². The number of unbranched alkanes of at least 4 members (excludes halogenated alkanes) is 49. The van der Waals surface area contributed by atoms with Crippen molar-refractivity contribution in [3.05, 3.63) is 0 Å². The Hall–Kier alpha value is -1.59. The van der Waals surface area contributed by atoms with Gasteiger partial charge in [-0.3, -0.25) is 14.4 Å². The number of carbonyl (C=O) groups excluding carboxylic acids is 3. The summed E-state index contributed by atoms with van der Waals surface area (Å²) in [7, 11) is 0. The van der Waals surface area contributed by atoms with E-state index in [0.717, 1.165) is 57.8 Å². The number of ether oxygens (including phenoxy) is 3. The smallest absolute Gasteiger partial charge is 0.306 e. The van der Waals surface area contributed by atoms with Crippen LogP contribution >= 0.6 is 0 Å². The zero-order valence-electron chi connectivity index (χ0n) is 47.8. The van der Waals surface area contributed by atoms with E-state index in [1.807, 2.05) is 0 Å². The van der Waals surface area contributed by atoms with Gasteiger partial charge in [0.1, 0.15) is 13.2 Å². The summed E-state index contributed by atoms with van der Waals surface area (Å²) < 4.78 is 16.9.